The molecule has 0 atom stereocenters. The Morgan fingerprint density at radius 1 is 0.478 bits per heavy atom. The number of halogens is 1. The molecule has 67 heavy (non-hydrogen) atoms. The zero-order valence-corrected chi connectivity index (χ0v) is 37.2. The molecule has 0 aromatic heterocycles. The molecule has 0 aliphatic carbocycles. The molecule has 0 unspecified atom stereocenters. The SMILES string of the molecule is COc1cc(/C=C/C(=O)Nc2ccccc2C(=O)O)cc(C)c1C.Cc1ccc(/C=C/C(=O)Nc2ccccc2C(=O)O)cc1.Cc1ccc(/C=C/C(=O)Nc2ccccc2C(=O)O)cc1F. The molecule has 0 fully saturated rings. The number of hydrogen-bond acceptors (Lipinski definition) is 7. The van der Waals surface area contributed by atoms with Gasteiger partial charge in [0.2, 0.25) is 17.7 Å². The smallest absolute Gasteiger partial charge is 0.337 e. The minimum absolute atomic E-state index is 0.00521. The molecule has 342 valence electrons. The molecule has 0 aliphatic heterocycles. The van der Waals surface area contributed by atoms with Crippen LogP contribution in [0.4, 0.5) is 21.5 Å². The summed E-state index contributed by atoms with van der Waals surface area (Å²) in [5.41, 5.74) is 6.93. The number of amides is 3. The molecule has 0 radical (unpaired) electrons. The molecular weight excluding hydrogens is 858 g/mol. The van der Waals surface area contributed by atoms with Gasteiger partial charge in [-0.1, -0.05) is 84.4 Å². The van der Waals surface area contributed by atoms with Crippen LogP contribution < -0.4 is 20.7 Å². The normalized spacial score (nSPS) is 10.6. The molecule has 6 N–H and O–H groups in total. The number of carbonyl (C=O) groups excluding carboxylic acids is 3. The molecule has 0 spiro atoms. The minimum atomic E-state index is -1.12. The maximum atomic E-state index is 13.4. The van der Waals surface area contributed by atoms with Gasteiger partial charge in [-0.05, 0) is 128 Å². The number of benzene rings is 6. The number of nitrogens with one attached hydrogen (secondary N) is 3. The molecule has 3 amide bonds. The standard InChI is InChI=1S/C19H19NO4.C17H14FNO3.C17H15NO3/c1-12-10-14(11-17(24-3)13(12)2)8-9-18(21)20-16-7-5-4-6-15(16)19(22)23;1-11-6-7-12(10-14(11)18)8-9-16(20)19-15-5-3-2-4-13(15)17(21)22;1-12-6-8-13(9-7-12)10-11-16(19)18-15-5-3-2-4-14(15)17(20)21/h4-11H,1-3H3,(H,20,21)(H,22,23);2-10H,1H3,(H,19,20)(H,21,22);2-11H,1H3,(H,18,19)(H,20,21)/b2*9-8+;11-10+. The van der Waals surface area contributed by atoms with Gasteiger partial charge in [-0.25, -0.2) is 18.8 Å². The van der Waals surface area contributed by atoms with Gasteiger partial charge in [0, 0.05) is 18.2 Å². The van der Waals surface area contributed by atoms with Crippen LogP contribution in [0.5, 0.6) is 5.75 Å². The quantitative estimate of drug-likeness (QED) is 0.0604. The molecule has 0 bridgehead atoms. The zero-order chi connectivity index (χ0) is 49.0. The third kappa shape index (κ3) is 16.0. The maximum absolute atomic E-state index is 13.4. The number of aryl methyl sites for hydroxylation is 3. The van der Waals surface area contributed by atoms with Crippen molar-refractivity contribution in [2.45, 2.75) is 27.7 Å². The average Bonchev–Trinajstić information content (AvgIpc) is 3.30. The van der Waals surface area contributed by atoms with E-state index in [1.165, 1.54) is 54.6 Å². The van der Waals surface area contributed by atoms with Crippen molar-refractivity contribution < 1.29 is 53.2 Å². The van der Waals surface area contributed by atoms with Crippen molar-refractivity contribution in [3.8, 4) is 5.75 Å². The Morgan fingerprint density at radius 2 is 0.866 bits per heavy atom. The van der Waals surface area contributed by atoms with E-state index in [9.17, 15) is 33.2 Å². The molecular formula is C53H48FN3O10. The highest BCUT2D eigenvalue weighted by Crippen LogP contribution is 2.24. The lowest BCUT2D eigenvalue weighted by Crippen LogP contribution is -2.11. The second-order valence-electron chi connectivity index (χ2n) is 14.6. The first-order chi connectivity index (χ1) is 31.9. The van der Waals surface area contributed by atoms with Gasteiger partial charge >= 0.3 is 17.9 Å². The fraction of sp³-hybridized carbons (Fsp3) is 0.0943. The first kappa shape index (κ1) is 50.7. The van der Waals surface area contributed by atoms with E-state index in [-0.39, 0.29) is 45.5 Å². The molecule has 0 saturated heterocycles. The topological polar surface area (TPSA) is 208 Å². The second-order valence-corrected chi connectivity index (χ2v) is 14.6. The number of aromatic carboxylic acids is 3. The number of carboxylic acid groups (broad SMARTS) is 3. The molecule has 6 rings (SSSR count). The van der Waals surface area contributed by atoms with Crippen LogP contribution in [0.25, 0.3) is 18.2 Å². The molecule has 6 aromatic carbocycles. The number of carboxylic acids is 3. The largest absolute Gasteiger partial charge is 0.496 e. The summed E-state index contributed by atoms with van der Waals surface area (Å²) in [6.45, 7) is 7.58. The summed E-state index contributed by atoms with van der Waals surface area (Å²) >= 11 is 0. The van der Waals surface area contributed by atoms with Crippen molar-refractivity contribution >= 4 is 70.9 Å². The van der Waals surface area contributed by atoms with Gasteiger partial charge < -0.3 is 36.0 Å². The van der Waals surface area contributed by atoms with Crippen LogP contribution in [0.3, 0.4) is 0 Å². The lowest BCUT2D eigenvalue weighted by Gasteiger charge is -2.09. The van der Waals surface area contributed by atoms with Gasteiger partial charge in [-0.3, -0.25) is 14.4 Å². The number of carbonyl (C=O) groups is 6. The van der Waals surface area contributed by atoms with E-state index in [0.717, 1.165) is 33.6 Å². The predicted molar refractivity (Wildman–Crippen MR) is 258 cm³/mol. The van der Waals surface area contributed by atoms with E-state index >= 15 is 0 Å². The van der Waals surface area contributed by atoms with Gasteiger partial charge in [-0.2, -0.15) is 0 Å². The summed E-state index contributed by atoms with van der Waals surface area (Å²) < 4.78 is 18.7. The van der Waals surface area contributed by atoms with Crippen molar-refractivity contribution in [3.63, 3.8) is 0 Å². The van der Waals surface area contributed by atoms with Crippen molar-refractivity contribution in [3.05, 3.63) is 207 Å². The third-order valence-electron chi connectivity index (χ3n) is 9.66. The summed E-state index contributed by atoms with van der Waals surface area (Å²) in [5.74, 6) is -4.15. The molecule has 0 aliphatic rings. The van der Waals surface area contributed by atoms with E-state index in [1.807, 2.05) is 57.2 Å². The Hall–Kier alpha value is -8.91. The summed E-state index contributed by atoms with van der Waals surface area (Å²) in [6, 6.07) is 34.8. The van der Waals surface area contributed by atoms with Gasteiger partial charge in [0.25, 0.3) is 0 Å². The minimum Gasteiger partial charge on any atom is -0.496 e. The summed E-state index contributed by atoms with van der Waals surface area (Å²) in [7, 11) is 1.60. The average molecular weight is 906 g/mol. The van der Waals surface area contributed by atoms with E-state index in [4.69, 9.17) is 20.1 Å². The van der Waals surface area contributed by atoms with Crippen molar-refractivity contribution in [2.24, 2.45) is 0 Å². The van der Waals surface area contributed by atoms with Crippen LogP contribution in [0, 0.1) is 33.5 Å². The van der Waals surface area contributed by atoms with Crippen LogP contribution in [0.15, 0.2) is 146 Å². The van der Waals surface area contributed by atoms with E-state index in [0.29, 0.717) is 11.1 Å². The number of methoxy groups -OCH3 is 1. The summed E-state index contributed by atoms with van der Waals surface area (Å²) in [6.07, 6.45) is 8.77. The van der Waals surface area contributed by atoms with Gasteiger partial charge in [0.1, 0.15) is 11.6 Å². The fourth-order valence-corrected chi connectivity index (χ4v) is 5.93. The van der Waals surface area contributed by atoms with Crippen LogP contribution >= 0.6 is 0 Å². The van der Waals surface area contributed by atoms with E-state index < -0.39 is 29.7 Å². The lowest BCUT2D eigenvalue weighted by atomic mass is 10.0. The fourth-order valence-electron chi connectivity index (χ4n) is 5.93. The van der Waals surface area contributed by atoms with Gasteiger partial charge in [-0.15, -0.1) is 0 Å². The van der Waals surface area contributed by atoms with Crippen LogP contribution in [0.1, 0.15) is 70.0 Å². The van der Waals surface area contributed by atoms with Gasteiger partial charge in [0.05, 0.1) is 40.9 Å². The van der Waals surface area contributed by atoms with Crippen molar-refractivity contribution in [2.75, 3.05) is 23.1 Å². The predicted octanol–water partition coefficient (Wildman–Crippen LogP) is 10.5. The monoisotopic (exact) mass is 905 g/mol. The third-order valence-corrected chi connectivity index (χ3v) is 9.66. The summed E-state index contributed by atoms with van der Waals surface area (Å²) in [5, 5.41) is 34.8. The first-order valence-electron chi connectivity index (χ1n) is 20.4. The Labute approximate surface area is 386 Å². The molecule has 14 heteroatoms. The Bertz CT molecular complexity index is 2870. The van der Waals surface area contributed by atoms with E-state index in [1.54, 1.807) is 86.8 Å². The Morgan fingerprint density at radius 3 is 1.27 bits per heavy atom. The number of hydrogen-bond donors (Lipinski definition) is 6. The van der Waals surface area contributed by atoms with Crippen molar-refractivity contribution in [1.82, 2.24) is 0 Å². The van der Waals surface area contributed by atoms with Crippen molar-refractivity contribution in [1.29, 1.82) is 0 Å². The second kappa shape index (κ2) is 24.8. The first-order valence-corrected chi connectivity index (χ1v) is 20.4. The zero-order valence-electron chi connectivity index (χ0n) is 37.2. The maximum Gasteiger partial charge on any atom is 0.337 e. The molecule has 0 saturated carbocycles. The highest BCUT2D eigenvalue weighted by atomic mass is 19.1. The number of rotatable bonds is 13. The highest BCUT2D eigenvalue weighted by Gasteiger charge is 2.13. The lowest BCUT2D eigenvalue weighted by molar-refractivity contribution is -0.112. The molecule has 0 heterocycles. The molecule has 13 nitrogen and oxygen atoms in total. The van der Waals surface area contributed by atoms with E-state index in [2.05, 4.69) is 16.0 Å². The van der Waals surface area contributed by atoms with Crippen LogP contribution in [-0.4, -0.2) is 58.1 Å². The number of anilines is 3. The molecule has 6 aromatic rings. The summed E-state index contributed by atoms with van der Waals surface area (Å²) in [4.78, 5) is 68.9. The Balaban J connectivity index is 0.000000220. The van der Waals surface area contributed by atoms with Crippen LogP contribution in [0.2, 0.25) is 0 Å². The highest BCUT2D eigenvalue weighted by molar-refractivity contribution is 6.08. The number of para-hydroxylation sites is 3. The van der Waals surface area contributed by atoms with Crippen LogP contribution in [-0.2, 0) is 14.4 Å². The van der Waals surface area contributed by atoms with Gasteiger partial charge in [0.15, 0.2) is 0 Å². The Kier molecular flexibility index (Phi) is 18.8. The number of ether oxygens (including phenoxy) is 1.